The van der Waals surface area contributed by atoms with Gasteiger partial charge in [0.05, 0.1) is 19.3 Å². The minimum absolute atomic E-state index is 0.00130. The van der Waals surface area contributed by atoms with Crippen molar-refractivity contribution < 1.29 is 14.3 Å². The Morgan fingerprint density at radius 1 is 1.38 bits per heavy atom. The molecule has 0 N–H and O–H groups in total. The first-order valence-corrected chi connectivity index (χ1v) is 5.36. The van der Waals surface area contributed by atoms with Crippen molar-refractivity contribution in [3.63, 3.8) is 0 Å². The van der Waals surface area contributed by atoms with Crippen molar-refractivity contribution in [1.82, 2.24) is 0 Å². The highest BCUT2D eigenvalue weighted by Crippen LogP contribution is 2.25. The molecule has 3 nitrogen and oxygen atoms in total. The summed E-state index contributed by atoms with van der Waals surface area (Å²) in [6, 6.07) is 5.24. The number of methoxy groups -OCH3 is 1. The lowest BCUT2D eigenvalue weighted by Crippen LogP contribution is -2.07. The molecular weight excluding hydrogens is 204 g/mol. The molecule has 0 heterocycles. The summed E-state index contributed by atoms with van der Waals surface area (Å²) in [6.07, 6.45) is 0. The molecule has 0 aromatic heterocycles. The number of carbonyl (C=O) groups excluding carboxylic acids is 1. The number of benzene rings is 1. The molecule has 0 saturated heterocycles. The van der Waals surface area contributed by atoms with Gasteiger partial charge in [0.15, 0.2) is 5.78 Å². The Morgan fingerprint density at radius 3 is 2.56 bits per heavy atom. The van der Waals surface area contributed by atoms with E-state index in [1.165, 1.54) is 6.92 Å². The summed E-state index contributed by atoms with van der Waals surface area (Å²) < 4.78 is 10.7. The van der Waals surface area contributed by atoms with Crippen LogP contribution in [-0.4, -0.2) is 19.5 Å². The van der Waals surface area contributed by atoms with Crippen LogP contribution in [0.1, 0.15) is 31.1 Å². The van der Waals surface area contributed by atoms with Gasteiger partial charge < -0.3 is 9.47 Å². The van der Waals surface area contributed by atoms with Crippen LogP contribution in [0.3, 0.4) is 0 Å². The first kappa shape index (κ1) is 12.6. The predicted octanol–water partition coefficient (Wildman–Crippen LogP) is 2.93. The zero-order valence-corrected chi connectivity index (χ0v) is 10.2. The number of hydrogen-bond donors (Lipinski definition) is 0. The molecule has 0 fully saturated rings. The lowest BCUT2D eigenvalue weighted by Gasteiger charge is -2.12. The van der Waals surface area contributed by atoms with Crippen LogP contribution in [0.15, 0.2) is 18.2 Å². The zero-order valence-electron chi connectivity index (χ0n) is 10.2. The molecule has 0 radical (unpaired) electrons. The average Bonchev–Trinajstić information content (AvgIpc) is 2.25. The van der Waals surface area contributed by atoms with Crippen molar-refractivity contribution in [2.24, 2.45) is 5.92 Å². The Labute approximate surface area is 96.4 Å². The highest BCUT2D eigenvalue weighted by Gasteiger charge is 2.10. The summed E-state index contributed by atoms with van der Waals surface area (Å²) in [7, 11) is 1.59. The van der Waals surface area contributed by atoms with Crippen molar-refractivity contribution in [3.8, 4) is 11.5 Å². The van der Waals surface area contributed by atoms with E-state index in [0.717, 1.165) is 0 Å². The number of ketones is 1. The molecular formula is C13H18O3. The molecule has 3 heteroatoms. The smallest absolute Gasteiger partial charge is 0.163 e. The maximum Gasteiger partial charge on any atom is 0.163 e. The van der Waals surface area contributed by atoms with Gasteiger partial charge in [-0.1, -0.05) is 13.8 Å². The number of hydrogen-bond acceptors (Lipinski definition) is 3. The van der Waals surface area contributed by atoms with Crippen LogP contribution in [0.5, 0.6) is 11.5 Å². The Kier molecular flexibility index (Phi) is 4.35. The summed E-state index contributed by atoms with van der Waals surface area (Å²) in [5.74, 6) is 1.72. The fraction of sp³-hybridized carbons (Fsp3) is 0.462. The Bertz CT molecular complexity index is 369. The molecule has 0 spiro atoms. The molecule has 1 rings (SSSR count). The molecule has 0 aliphatic heterocycles. The van der Waals surface area contributed by atoms with E-state index in [-0.39, 0.29) is 5.78 Å². The van der Waals surface area contributed by atoms with E-state index in [2.05, 4.69) is 13.8 Å². The highest BCUT2D eigenvalue weighted by atomic mass is 16.5. The van der Waals surface area contributed by atoms with Crippen LogP contribution < -0.4 is 9.47 Å². The van der Waals surface area contributed by atoms with Gasteiger partial charge in [-0.05, 0) is 25.0 Å². The minimum atomic E-state index is 0.00130. The van der Waals surface area contributed by atoms with E-state index < -0.39 is 0 Å². The van der Waals surface area contributed by atoms with Crippen LogP contribution in [0.4, 0.5) is 0 Å². The standard InChI is InChI=1S/C13H18O3/c1-9(2)8-16-13-7-11(15-4)5-6-12(13)10(3)14/h5-7,9H,8H2,1-4H3. The van der Waals surface area contributed by atoms with E-state index in [4.69, 9.17) is 9.47 Å². The fourth-order valence-corrected chi connectivity index (χ4v) is 1.30. The van der Waals surface area contributed by atoms with Crippen molar-refractivity contribution in [3.05, 3.63) is 23.8 Å². The van der Waals surface area contributed by atoms with Crippen molar-refractivity contribution in [2.75, 3.05) is 13.7 Å². The lowest BCUT2D eigenvalue weighted by atomic mass is 10.1. The highest BCUT2D eigenvalue weighted by molar-refractivity contribution is 5.97. The molecule has 1 aromatic carbocycles. The molecule has 0 bridgehead atoms. The largest absolute Gasteiger partial charge is 0.497 e. The molecule has 0 amide bonds. The van der Waals surface area contributed by atoms with Crippen LogP contribution in [0.2, 0.25) is 0 Å². The van der Waals surface area contributed by atoms with Gasteiger partial charge in [-0.15, -0.1) is 0 Å². The Hall–Kier alpha value is -1.51. The second kappa shape index (κ2) is 5.54. The van der Waals surface area contributed by atoms with Crippen LogP contribution >= 0.6 is 0 Å². The molecule has 0 aliphatic carbocycles. The van der Waals surface area contributed by atoms with Crippen molar-refractivity contribution >= 4 is 5.78 Å². The predicted molar refractivity (Wildman–Crippen MR) is 63.3 cm³/mol. The van der Waals surface area contributed by atoms with Gasteiger partial charge in [0.2, 0.25) is 0 Å². The Balaban J connectivity index is 2.96. The van der Waals surface area contributed by atoms with Crippen LogP contribution in [0.25, 0.3) is 0 Å². The normalized spacial score (nSPS) is 10.3. The second-order valence-electron chi connectivity index (χ2n) is 4.12. The Morgan fingerprint density at radius 2 is 2.06 bits per heavy atom. The maximum absolute atomic E-state index is 11.4. The molecule has 0 atom stereocenters. The zero-order chi connectivity index (χ0) is 12.1. The summed E-state index contributed by atoms with van der Waals surface area (Å²) in [4.78, 5) is 11.4. The van der Waals surface area contributed by atoms with Gasteiger partial charge in [-0.2, -0.15) is 0 Å². The fourth-order valence-electron chi connectivity index (χ4n) is 1.30. The third-order valence-corrected chi connectivity index (χ3v) is 2.14. The number of ether oxygens (including phenoxy) is 2. The van der Waals surface area contributed by atoms with E-state index in [1.807, 2.05) is 0 Å². The summed E-state index contributed by atoms with van der Waals surface area (Å²) >= 11 is 0. The monoisotopic (exact) mass is 222 g/mol. The number of Topliss-reactive ketones (excluding diaryl/α,β-unsaturated/α-hetero) is 1. The summed E-state index contributed by atoms with van der Waals surface area (Å²) in [5.41, 5.74) is 0.599. The van der Waals surface area contributed by atoms with E-state index in [9.17, 15) is 4.79 Å². The van der Waals surface area contributed by atoms with Gasteiger partial charge in [-0.25, -0.2) is 0 Å². The van der Waals surface area contributed by atoms with Crippen molar-refractivity contribution in [2.45, 2.75) is 20.8 Å². The third-order valence-electron chi connectivity index (χ3n) is 2.14. The summed E-state index contributed by atoms with van der Waals surface area (Å²) in [6.45, 7) is 6.25. The van der Waals surface area contributed by atoms with Crippen molar-refractivity contribution in [1.29, 1.82) is 0 Å². The van der Waals surface area contributed by atoms with Gasteiger partial charge in [-0.3, -0.25) is 4.79 Å². The second-order valence-corrected chi connectivity index (χ2v) is 4.12. The van der Waals surface area contributed by atoms with E-state index in [0.29, 0.717) is 29.6 Å². The number of carbonyl (C=O) groups is 1. The summed E-state index contributed by atoms with van der Waals surface area (Å²) in [5, 5.41) is 0. The van der Waals surface area contributed by atoms with Gasteiger partial charge >= 0.3 is 0 Å². The van der Waals surface area contributed by atoms with Gasteiger partial charge in [0, 0.05) is 6.07 Å². The molecule has 1 aromatic rings. The third kappa shape index (κ3) is 3.26. The average molecular weight is 222 g/mol. The lowest BCUT2D eigenvalue weighted by molar-refractivity contribution is 0.101. The molecule has 16 heavy (non-hydrogen) atoms. The topological polar surface area (TPSA) is 35.5 Å². The van der Waals surface area contributed by atoms with Gasteiger partial charge in [0.1, 0.15) is 11.5 Å². The van der Waals surface area contributed by atoms with Gasteiger partial charge in [0.25, 0.3) is 0 Å². The van der Waals surface area contributed by atoms with E-state index >= 15 is 0 Å². The quantitative estimate of drug-likeness (QED) is 0.718. The molecule has 0 aliphatic rings. The molecule has 0 unspecified atom stereocenters. The maximum atomic E-state index is 11.4. The number of rotatable bonds is 5. The molecule has 88 valence electrons. The first-order valence-electron chi connectivity index (χ1n) is 5.36. The minimum Gasteiger partial charge on any atom is -0.497 e. The first-order chi connectivity index (χ1) is 7.54. The van der Waals surface area contributed by atoms with E-state index in [1.54, 1.807) is 25.3 Å². The SMILES string of the molecule is COc1ccc(C(C)=O)c(OCC(C)C)c1. The molecule has 0 saturated carbocycles. The van der Waals surface area contributed by atoms with Crippen LogP contribution in [-0.2, 0) is 0 Å². The van der Waals surface area contributed by atoms with Crippen LogP contribution in [0, 0.1) is 5.92 Å².